The fraction of sp³-hybridized carbons (Fsp3) is 0.0800. The van der Waals surface area contributed by atoms with E-state index in [1.54, 1.807) is 97.1 Å². The molecule has 0 heterocycles. The molecule has 0 radical (unpaired) electrons. The predicted molar refractivity (Wildman–Crippen MR) is 275 cm³/mol. The molecule has 8 aromatic carbocycles. The number of aromatic hydroxyl groups is 1. The van der Waals surface area contributed by atoms with Crippen LogP contribution in [0.3, 0.4) is 0 Å². The van der Waals surface area contributed by atoms with Gasteiger partial charge in [-0.3, -0.25) is 18.9 Å². The van der Waals surface area contributed by atoms with Gasteiger partial charge in [-0.1, -0.05) is 89.6 Å². The fourth-order valence-corrected chi connectivity index (χ4v) is 9.13. The van der Waals surface area contributed by atoms with Crippen LogP contribution >= 0.6 is 23.2 Å². The van der Waals surface area contributed by atoms with E-state index >= 15 is 0 Å². The first-order valence-corrected chi connectivity index (χ1v) is 24.5. The number of aliphatic imine (C=N–C) groups is 1. The topological polar surface area (TPSA) is 284 Å². The summed E-state index contributed by atoms with van der Waals surface area (Å²) in [5, 5.41) is 58.3. The molecule has 8 rings (SSSR count). The number of carbonyl (C=O) groups excluding carboxylic acids is 1. The Hall–Kier alpha value is -6.41. The summed E-state index contributed by atoms with van der Waals surface area (Å²) in [6.07, 6.45) is 0. The second-order valence-electron chi connectivity index (χ2n) is 15.5. The van der Waals surface area contributed by atoms with Crippen LogP contribution in [0, 0.1) is 13.8 Å². The van der Waals surface area contributed by atoms with Crippen LogP contribution in [0.5, 0.6) is 23.0 Å². The van der Waals surface area contributed by atoms with Crippen molar-refractivity contribution in [3.05, 3.63) is 166 Å². The number of hydrogen-bond acceptors (Lipinski definition) is 15. The number of anilines is 1. The van der Waals surface area contributed by atoms with Gasteiger partial charge in [0.05, 0.1) is 51.0 Å². The Kier molecular flexibility index (Phi) is 18.1. The third kappa shape index (κ3) is 13.2. The zero-order valence-corrected chi connectivity index (χ0v) is 46.3. The second kappa shape index (κ2) is 23.6. The minimum Gasteiger partial charge on any atom is -0.871 e. The number of carbonyl (C=O) groups is 1. The average Bonchev–Trinajstić information content (AvgIpc) is 3.34. The quantitative estimate of drug-likeness (QED) is 0.0292. The minimum absolute atomic E-state index is 0. The van der Waals surface area contributed by atoms with Crippen molar-refractivity contribution in [1.82, 2.24) is 0 Å². The first-order chi connectivity index (χ1) is 34.2. The summed E-state index contributed by atoms with van der Waals surface area (Å²) in [5.41, 5.74) is 1.04. The predicted octanol–water partition coefficient (Wildman–Crippen LogP) is 11.0. The van der Waals surface area contributed by atoms with Crippen LogP contribution in [-0.2, 0) is 20.2 Å². The summed E-state index contributed by atoms with van der Waals surface area (Å²) in [6, 6.07) is 34.9. The maximum atomic E-state index is 13.3. The van der Waals surface area contributed by atoms with Crippen molar-refractivity contribution in [2.24, 2.45) is 25.4 Å². The summed E-state index contributed by atoms with van der Waals surface area (Å²) < 4.78 is 75.1. The molecule has 1 amide bonds. The van der Waals surface area contributed by atoms with Gasteiger partial charge >= 0.3 is 48.9 Å². The molecule has 0 aliphatic rings. The van der Waals surface area contributed by atoms with Crippen LogP contribution in [0.25, 0.3) is 21.5 Å². The van der Waals surface area contributed by atoms with E-state index in [1.807, 2.05) is 0 Å². The first-order valence-electron chi connectivity index (χ1n) is 20.9. The number of halogens is 2. The van der Waals surface area contributed by atoms with E-state index in [4.69, 9.17) is 32.7 Å². The molecule has 0 saturated carbocycles. The number of aryl methyl sites for hydroxylation is 2. The molecule has 0 bridgehead atoms. The Bertz CT molecular complexity index is 3790. The number of phenols is 1. The zero-order valence-electron chi connectivity index (χ0n) is 38.7. The molecule has 23 heteroatoms. The van der Waals surface area contributed by atoms with Gasteiger partial charge in [-0.15, -0.1) is 15.3 Å². The van der Waals surface area contributed by atoms with E-state index in [2.05, 4.69) is 30.8 Å². The van der Waals surface area contributed by atoms with Crippen LogP contribution in [0.2, 0.25) is 10.0 Å². The van der Waals surface area contributed by atoms with Gasteiger partial charge in [-0.05, 0) is 108 Å². The van der Waals surface area contributed by atoms with Crippen molar-refractivity contribution in [2.75, 3.05) is 19.5 Å². The van der Waals surface area contributed by atoms with Crippen molar-refractivity contribution < 1.29 is 55.5 Å². The molecule has 0 unspecified atom stereocenters. The van der Waals surface area contributed by atoms with Gasteiger partial charge in [-0.2, -0.15) is 21.9 Å². The Morgan fingerprint density at radius 2 is 1.10 bits per heavy atom. The summed E-state index contributed by atoms with van der Waals surface area (Å²) in [7, 11) is -5.95. The van der Waals surface area contributed by atoms with Gasteiger partial charge in [-0.25, -0.2) is 0 Å². The number of nitrogens with one attached hydrogen (secondary N) is 1. The van der Waals surface area contributed by atoms with Gasteiger partial charge in [0.15, 0.2) is 5.75 Å². The zero-order chi connectivity index (χ0) is 52.1. The number of amides is 1. The van der Waals surface area contributed by atoms with Gasteiger partial charge in [0.1, 0.15) is 28.6 Å². The smallest absolute Gasteiger partial charge is 0.871 e. The molecular formula is C50H38BaCl2N6O12S2. The molecule has 18 nitrogen and oxygen atoms in total. The van der Waals surface area contributed by atoms with E-state index in [9.17, 15) is 46.1 Å². The van der Waals surface area contributed by atoms with Crippen LogP contribution < -0.4 is 25.0 Å². The van der Waals surface area contributed by atoms with Gasteiger partial charge in [0, 0.05) is 28.6 Å². The van der Waals surface area contributed by atoms with Crippen LogP contribution in [0.1, 0.15) is 27.0 Å². The van der Waals surface area contributed by atoms with E-state index in [0.29, 0.717) is 44.4 Å². The monoisotopic (exact) mass is 1190 g/mol. The molecule has 0 aromatic heterocycles. The number of ether oxygens (including phenoxy) is 2. The average molecular weight is 1190 g/mol. The minimum atomic E-state index is -4.48. The molecule has 73 heavy (non-hydrogen) atoms. The number of fused-ring (bicyclic) bond motifs is 2. The number of rotatable bonds is 12. The van der Waals surface area contributed by atoms with Gasteiger partial charge in [0.25, 0.3) is 26.1 Å². The van der Waals surface area contributed by atoms with Gasteiger partial charge in [0.2, 0.25) is 0 Å². The Balaban J connectivity index is 0.000000235. The van der Waals surface area contributed by atoms with Crippen molar-refractivity contribution in [2.45, 2.75) is 23.6 Å². The maximum absolute atomic E-state index is 13.3. The number of hydrogen-bond donors (Lipinski definition) is 4. The standard InChI is InChI=1S/2C25H20ClN3O6S.Ba/c2*1-14-10-21(20(26)13-22(14)36(32,33)34)28-29-23-18-9-4-3-6-15(18)11-19(24(23)30)25(31)27-16-7-5-8-17(12-16)35-2;/h2*3-13,30H,1-2H3,(H,27,31)(H,32,33,34);/q;;+2/p-2. The molecule has 0 spiro atoms. The maximum Gasteiger partial charge on any atom is 2.00 e. The normalized spacial score (nSPS) is 11.9. The fourth-order valence-electron chi connectivity index (χ4n) is 7.13. The van der Waals surface area contributed by atoms with Crippen LogP contribution in [-0.4, -0.2) is 106 Å². The molecule has 0 fully saturated rings. The number of azo groups is 2. The van der Waals surface area contributed by atoms with Crippen molar-refractivity contribution in [1.29, 1.82) is 0 Å². The molecule has 0 aliphatic heterocycles. The van der Waals surface area contributed by atoms with E-state index in [0.717, 1.165) is 12.1 Å². The van der Waals surface area contributed by atoms with E-state index in [1.165, 1.54) is 52.3 Å². The Morgan fingerprint density at radius 1 is 0.616 bits per heavy atom. The van der Waals surface area contributed by atoms with Crippen LogP contribution in [0.15, 0.2) is 169 Å². The molecular weight excluding hydrogens is 1150 g/mol. The van der Waals surface area contributed by atoms with Gasteiger partial charge < -0.3 is 30.1 Å². The third-order valence-corrected chi connectivity index (χ3v) is 13.2. The second-order valence-corrected chi connectivity index (χ2v) is 19.1. The molecule has 0 aliphatic carbocycles. The number of benzene rings is 8. The molecule has 4 N–H and O–H groups in total. The van der Waals surface area contributed by atoms with E-state index < -0.39 is 43.5 Å². The SMILES string of the molecule is COc1cccc(N=C([O-])c2cc3ccccc3c(N=Nc3cc(C)c(S(=O)(=O)O)cc3Cl)c2[O-])c1.COc1cccc(NC(=O)c2cc3ccccc3c(N=Nc3cc(C)c(S(=O)(=O)O)cc3Cl)c2O)c1.[Ba+2]. The van der Waals surface area contributed by atoms with E-state index in [-0.39, 0.29) is 114 Å². The number of methoxy groups -OCH3 is 2. The van der Waals surface area contributed by atoms with Crippen molar-refractivity contribution in [3.8, 4) is 23.0 Å². The molecule has 0 atom stereocenters. The summed E-state index contributed by atoms with van der Waals surface area (Å²) in [5.74, 6) is -1.36. The first kappa shape index (κ1) is 55.9. The largest absolute Gasteiger partial charge is 2.00 e. The third-order valence-electron chi connectivity index (χ3n) is 10.6. The van der Waals surface area contributed by atoms with Crippen LogP contribution in [0.4, 0.5) is 34.1 Å². The molecule has 368 valence electrons. The summed E-state index contributed by atoms with van der Waals surface area (Å²) >= 11 is 12.3. The summed E-state index contributed by atoms with van der Waals surface area (Å²) in [6.45, 7) is 2.92. The Morgan fingerprint density at radius 3 is 1.63 bits per heavy atom. The Labute approximate surface area is 468 Å². The summed E-state index contributed by atoms with van der Waals surface area (Å²) in [4.78, 5) is 16.4. The van der Waals surface area contributed by atoms with Crippen molar-refractivity contribution >= 4 is 160 Å². The molecule has 8 aromatic rings. The van der Waals surface area contributed by atoms with Crippen molar-refractivity contribution in [3.63, 3.8) is 0 Å². The molecule has 0 saturated heterocycles. The number of nitrogens with zero attached hydrogens (tertiary/aromatic N) is 5. The number of phenolic OH excluding ortho intramolecular Hbond substituents is 1.